The maximum absolute atomic E-state index is 13.4. The molecule has 0 radical (unpaired) electrons. The Morgan fingerprint density at radius 3 is 2.93 bits per heavy atom. The van der Waals surface area contributed by atoms with Gasteiger partial charge in [-0.25, -0.2) is 4.39 Å². The van der Waals surface area contributed by atoms with Gasteiger partial charge in [-0.15, -0.1) is 11.3 Å². The van der Waals surface area contributed by atoms with Crippen molar-refractivity contribution in [2.24, 2.45) is 5.92 Å². The van der Waals surface area contributed by atoms with Gasteiger partial charge in [0.1, 0.15) is 5.82 Å². The second-order valence-electron chi connectivity index (χ2n) is 7.15. The van der Waals surface area contributed by atoms with Gasteiger partial charge in [0, 0.05) is 30.8 Å². The second-order valence-corrected chi connectivity index (χ2v) is 8.10. The fourth-order valence-corrected chi connectivity index (χ4v) is 4.37. The number of likely N-dealkylation sites (tertiary alicyclic amines) is 1. The van der Waals surface area contributed by atoms with Gasteiger partial charge in [0.2, 0.25) is 11.8 Å². The predicted octanol–water partition coefficient (Wildman–Crippen LogP) is 4.10. The fourth-order valence-electron chi connectivity index (χ4n) is 3.60. The molecule has 1 aliphatic heterocycles. The standard InChI is InChI=1S/C22H21FN2O2S/c23-19-3-1-2-16(11-19)13-25-14-18(5-7-21(25)26)22(27)24-12-15-4-6-20-17(10-15)8-9-28-20/h1-4,6,8-11,18H,5,7,12-14H2,(H,24,27)/t18-/m1/s1. The number of carbonyl (C=O) groups excluding carboxylic acids is 2. The molecule has 1 N–H and O–H groups in total. The Morgan fingerprint density at radius 2 is 2.07 bits per heavy atom. The number of nitrogens with zero attached hydrogens (tertiary/aromatic N) is 1. The Labute approximate surface area is 167 Å². The molecule has 0 saturated carbocycles. The van der Waals surface area contributed by atoms with Crippen LogP contribution in [0.5, 0.6) is 0 Å². The monoisotopic (exact) mass is 396 g/mol. The Bertz CT molecular complexity index is 1020. The quantitative estimate of drug-likeness (QED) is 0.706. The molecule has 0 unspecified atom stereocenters. The highest BCUT2D eigenvalue weighted by molar-refractivity contribution is 7.17. The molecule has 3 aromatic rings. The molecule has 2 aromatic carbocycles. The van der Waals surface area contributed by atoms with Crippen molar-refractivity contribution in [3.8, 4) is 0 Å². The van der Waals surface area contributed by atoms with Crippen LogP contribution in [-0.2, 0) is 22.7 Å². The molecule has 4 rings (SSSR count). The zero-order valence-corrected chi connectivity index (χ0v) is 16.2. The number of carbonyl (C=O) groups is 2. The van der Waals surface area contributed by atoms with Crippen molar-refractivity contribution in [2.45, 2.75) is 25.9 Å². The van der Waals surface area contributed by atoms with Gasteiger partial charge in [-0.05, 0) is 58.6 Å². The Hall–Kier alpha value is -2.73. The van der Waals surface area contributed by atoms with Crippen molar-refractivity contribution in [1.29, 1.82) is 0 Å². The van der Waals surface area contributed by atoms with E-state index >= 15 is 0 Å². The van der Waals surface area contributed by atoms with Gasteiger partial charge < -0.3 is 10.2 Å². The molecular formula is C22H21FN2O2S. The van der Waals surface area contributed by atoms with Crippen LogP contribution in [0.3, 0.4) is 0 Å². The first-order chi connectivity index (χ1) is 13.6. The molecule has 2 amide bonds. The number of halogens is 1. The third-order valence-electron chi connectivity index (χ3n) is 5.12. The van der Waals surface area contributed by atoms with E-state index in [4.69, 9.17) is 0 Å². The Morgan fingerprint density at radius 1 is 1.18 bits per heavy atom. The van der Waals surface area contributed by atoms with E-state index in [1.165, 1.54) is 22.2 Å². The molecular weight excluding hydrogens is 375 g/mol. The molecule has 1 aromatic heterocycles. The maximum atomic E-state index is 13.4. The zero-order chi connectivity index (χ0) is 19.5. The molecule has 1 aliphatic rings. The van der Waals surface area contributed by atoms with Crippen LogP contribution in [0.1, 0.15) is 24.0 Å². The number of fused-ring (bicyclic) bond motifs is 1. The van der Waals surface area contributed by atoms with Crippen LogP contribution in [0, 0.1) is 11.7 Å². The number of benzene rings is 2. The van der Waals surface area contributed by atoms with Crippen LogP contribution >= 0.6 is 11.3 Å². The summed E-state index contributed by atoms with van der Waals surface area (Å²) in [5, 5.41) is 6.24. The van der Waals surface area contributed by atoms with Crippen molar-refractivity contribution < 1.29 is 14.0 Å². The van der Waals surface area contributed by atoms with Crippen molar-refractivity contribution in [3.05, 3.63) is 70.9 Å². The first-order valence-electron chi connectivity index (χ1n) is 9.34. The van der Waals surface area contributed by atoms with Gasteiger partial charge in [-0.2, -0.15) is 0 Å². The molecule has 0 bridgehead atoms. The summed E-state index contributed by atoms with van der Waals surface area (Å²) in [6.07, 6.45) is 0.891. The SMILES string of the molecule is O=C(NCc1ccc2sccc2c1)[C@@H]1CCC(=O)N(Cc2cccc(F)c2)C1. The first kappa shape index (κ1) is 18.6. The van der Waals surface area contributed by atoms with E-state index in [1.807, 2.05) is 6.07 Å². The average molecular weight is 396 g/mol. The van der Waals surface area contributed by atoms with Gasteiger partial charge in [-0.3, -0.25) is 9.59 Å². The van der Waals surface area contributed by atoms with E-state index in [9.17, 15) is 14.0 Å². The Balaban J connectivity index is 1.36. The molecule has 2 heterocycles. The summed E-state index contributed by atoms with van der Waals surface area (Å²) in [5.74, 6) is -0.589. The van der Waals surface area contributed by atoms with Gasteiger partial charge >= 0.3 is 0 Å². The number of hydrogen-bond donors (Lipinski definition) is 1. The number of thiophene rings is 1. The molecule has 4 nitrogen and oxygen atoms in total. The number of piperidine rings is 1. The van der Waals surface area contributed by atoms with Crippen molar-refractivity contribution in [2.75, 3.05) is 6.54 Å². The van der Waals surface area contributed by atoms with Crippen molar-refractivity contribution in [3.63, 3.8) is 0 Å². The van der Waals surface area contributed by atoms with Crippen LogP contribution in [0.2, 0.25) is 0 Å². The molecule has 6 heteroatoms. The van der Waals surface area contributed by atoms with Crippen LogP contribution in [-0.4, -0.2) is 23.3 Å². The molecule has 0 aliphatic carbocycles. The van der Waals surface area contributed by atoms with Crippen molar-refractivity contribution >= 4 is 33.2 Å². The molecule has 28 heavy (non-hydrogen) atoms. The normalized spacial score (nSPS) is 17.1. The lowest BCUT2D eigenvalue weighted by atomic mass is 9.96. The van der Waals surface area contributed by atoms with Gasteiger partial charge in [0.05, 0.1) is 5.92 Å². The highest BCUT2D eigenvalue weighted by Gasteiger charge is 2.30. The van der Waals surface area contributed by atoms with Gasteiger partial charge in [0.25, 0.3) is 0 Å². The average Bonchev–Trinajstić information content (AvgIpc) is 3.16. The van der Waals surface area contributed by atoms with E-state index in [-0.39, 0.29) is 23.5 Å². The lowest BCUT2D eigenvalue weighted by molar-refractivity contribution is -0.139. The van der Waals surface area contributed by atoms with E-state index in [0.29, 0.717) is 32.5 Å². The second kappa shape index (κ2) is 8.10. The minimum Gasteiger partial charge on any atom is -0.352 e. The molecule has 0 spiro atoms. The third-order valence-corrected chi connectivity index (χ3v) is 6.01. The highest BCUT2D eigenvalue weighted by atomic mass is 32.1. The summed E-state index contributed by atoms with van der Waals surface area (Å²) in [7, 11) is 0. The topological polar surface area (TPSA) is 49.4 Å². The summed E-state index contributed by atoms with van der Waals surface area (Å²) in [4.78, 5) is 26.5. The lowest BCUT2D eigenvalue weighted by Crippen LogP contribution is -2.45. The fraction of sp³-hybridized carbons (Fsp3) is 0.273. The number of hydrogen-bond acceptors (Lipinski definition) is 3. The predicted molar refractivity (Wildman–Crippen MR) is 108 cm³/mol. The van der Waals surface area contributed by atoms with E-state index in [0.717, 1.165) is 11.1 Å². The van der Waals surface area contributed by atoms with Gasteiger partial charge in [0.15, 0.2) is 0 Å². The lowest BCUT2D eigenvalue weighted by Gasteiger charge is -2.32. The Kier molecular flexibility index (Phi) is 5.39. The summed E-state index contributed by atoms with van der Waals surface area (Å²) < 4.78 is 14.6. The van der Waals surface area contributed by atoms with E-state index in [1.54, 1.807) is 28.4 Å². The summed E-state index contributed by atoms with van der Waals surface area (Å²) >= 11 is 1.70. The van der Waals surface area contributed by atoms with Crippen LogP contribution in [0.4, 0.5) is 4.39 Å². The van der Waals surface area contributed by atoms with E-state index in [2.05, 4.69) is 28.9 Å². The van der Waals surface area contributed by atoms with Crippen LogP contribution in [0.25, 0.3) is 10.1 Å². The molecule has 1 saturated heterocycles. The smallest absolute Gasteiger partial charge is 0.225 e. The first-order valence-corrected chi connectivity index (χ1v) is 10.2. The van der Waals surface area contributed by atoms with Gasteiger partial charge in [-0.1, -0.05) is 18.2 Å². The van der Waals surface area contributed by atoms with Crippen LogP contribution in [0.15, 0.2) is 53.9 Å². The number of rotatable bonds is 5. The largest absolute Gasteiger partial charge is 0.352 e. The van der Waals surface area contributed by atoms with Crippen LogP contribution < -0.4 is 5.32 Å². The highest BCUT2D eigenvalue weighted by Crippen LogP contribution is 2.23. The van der Waals surface area contributed by atoms with Crippen molar-refractivity contribution in [1.82, 2.24) is 10.2 Å². The summed E-state index contributed by atoms with van der Waals surface area (Å²) in [5.41, 5.74) is 1.79. The molecule has 1 fully saturated rings. The third kappa shape index (κ3) is 4.22. The maximum Gasteiger partial charge on any atom is 0.225 e. The van der Waals surface area contributed by atoms with E-state index < -0.39 is 0 Å². The summed E-state index contributed by atoms with van der Waals surface area (Å²) in [6, 6.07) is 14.5. The molecule has 144 valence electrons. The minimum atomic E-state index is -0.321. The zero-order valence-electron chi connectivity index (χ0n) is 15.4. The number of nitrogens with one attached hydrogen (secondary N) is 1. The summed E-state index contributed by atoms with van der Waals surface area (Å²) in [6.45, 7) is 1.17. The molecule has 1 atom stereocenters. The number of amides is 2. The minimum absolute atomic E-state index is 0.0104.